The third kappa shape index (κ3) is 4.74. The van der Waals surface area contributed by atoms with Gasteiger partial charge in [-0.05, 0) is 12.1 Å². The maximum atomic E-state index is 6.05. The van der Waals surface area contributed by atoms with Crippen molar-refractivity contribution in [3.05, 3.63) is 84.9 Å². The van der Waals surface area contributed by atoms with E-state index in [-0.39, 0.29) is 0 Å². The molecule has 1 aromatic heterocycles. The lowest BCUT2D eigenvalue weighted by molar-refractivity contribution is 0.0322. The Bertz CT molecular complexity index is 1080. The van der Waals surface area contributed by atoms with Crippen LogP contribution >= 0.6 is 0 Å². The van der Waals surface area contributed by atoms with Gasteiger partial charge in [0.05, 0.1) is 24.6 Å². The Labute approximate surface area is 188 Å². The van der Waals surface area contributed by atoms with Crippen molar-refractivity contribution in [3.8, 4) is 39.7 Å². The number of ether oxygens (including phenoxy) is 2. The van der Waals surface area contributed by atoms with Gasteiger partial charge in [-0.2, -0.15) is 0 Å². The van der Waals surface area contributed by atoms with Gasteiger partial charge in [-0.3, -0.25) is 4.90 Å². The van der Waals surface area contributed by atoms with Gasteiger partial charge in [-0.15, -0.1) is 0 Å². The minimum absolute atomic E-state index is 0.659. The Hall–Kier alpha value is -3.41. The molecule has 0 radical (unpaired) electrons. The molecule has 4 aromatic rings. The summed E-state index contributed by atoms with van der Waals surface area (Å²) in [5.74, 6) is 1.69. The molecule has 2 heterocycles. The molecule has 1 N–H and O–H groups in total. The number of nitrogens with one attached hydrogen (secondary N) is 1. The molecule has 0 spiro atoms. The number of hydrogen-bond donors (Lipinski definition) is 1. The summed E-state index contributed by atoms with van der Waals surface area (Å²) in [5.41, 5.74) is 5.18. The number of imidazole rings is 1. The van der Waals surface area contributed by atoms with Crippen LogP contribution in [0, 0.1) is 0 Å². The molecular weight excluding hydrogens is 398 g/mol. The highest BCUT2D eigenvalue weighted by atomic mass is 16.5. The lowest BCUT2D eigenvalue weighted by Crippen LogP contribution is -2.38. The summed E-state index contributed by atoms with van der Waals surface area (Å²) in [6.45, 7) is 5.13. The summed E-state index contributed by atoms with van der Waals surface area (Å²) in [6.07, 6.45) is 0. The van der Waals surface area contributed by atoms with Gasteiger partial charge in [0.2, 0.25) is 0 Å². The molecule has 0 saturated carbocycles. The fourth-order valence-electron chi connectivity index (χ4n) is 3.98. The fraction of sp³-hybridized carbons (Fsp3) is 0.222. The number of rotatable bonds is 7. The zero-order valence-corrected chi connectivity index (χ0v) is 18.0. The van der Waals surface area contributed by atoms with Crippen molar-refractivity contribution in [1.29, 1.82) is 0 Å². The first-order valence-electron chi connectivity index (χ1n) is 11.1. The molecule has 1 aliphatic heterocycles. The maximum Gasteiger partial charge on any atom is 0.138 e. The summed E-state index contributed by atoms with van der Waals surface area (Å²) in [5, 5.41) is 0. The van der Waals surface area contributed by atoms with Crippen LogP contribution in [0.15, 0.2) is 84.9 Å². The number of morpholine rings is 1. The summed E-state index contributed by atoms with van der Waals surface area (Å²) in [6, 6.07) is 28.8. The average Bonchev–Trinajstić information content (AvgIpc) is 3.32. The number of aromatic nitrogens is 2. The van der Waals surface area contributed by atoms with Gasteiger partial charge < -0.3 is 14.5 Å². The zero-order chi connectivity index (χ0) is 21.6. The smallest absolute Gasteiger partial charge is 0.138 e. The van der Waals surface area contributed by atoms with Gasteiger partial charge in [0.25, 0.3) is 0 Å². The van der Waals surface area contributed by atoms with Crippen molar-refractivity contribution in [1.82, 2.24) is 14.9 Å². The van der Waals surface area contributed by atoms with Crippen molar-refractivity contribution < 1.29 is 9.47 Å². The lowest BCUT2D eigenvalue weighted by Gasteiger charge is -2.26. The Balaban J connectivity index is 1.40. The molecule has 1 saturated heterocycles. The first-order chi connectivity index (χ1) is 15.9. The van der Waals surface area contributed by atoms with E-state index >= 15 is 0 Å². The van der Waals surface area contributed by atoms with Crippen LogP contribution in [0.1, 0.15) is 0 Å². The highest BCUT2D eigenvalue weighted by Crippen LogP contribution is 2.33. The van der Waals surface area contributed by atoms with Crippen molar-refractivity contribution >= 4 is 0 Å². The van der Waals surface area contributed by atoms with Crippen molar-refractivity contribution in [2.24, 2.45) is 0 Å². The van der Waals surface area contributed by atoms with E-state index < -0.39 is 0 Å². The van der Waals surface area contributed by atoms with Crippen molar-refractivity contribution in [2.75, 3.05) is 39.5 Å². The molecule has 0 atom stereocenters. The summed E-state index contributed by atoms with van der Waals surface area (Å²) in [4.78, 5) is 10.9. The standard InChI is InChI=1S/C27H27N3O2/c1-3-8-21(9-4-1)25-26(22-10-5-2-6-11-22)29-27(28-25)23-12-7-13-24(20-23)32-19-16-30-14-17-31-18-15-30/h1-13,20H,14-19H2,(H,28,29). The van der Waals surface area contributed by atoms with Crippen LogP contribution in [0.2, 0.25) is 0 Å². The van der Waals surface area contributed by atoms with E-state index in [0.29, 0.717) is 6.61 Å². The highest BCUT2D eigenvalue weighted by Gasteiger charge is 2.15. The fourth-order valence-corrected chi connectivity index (χ4v) is 3.98. The Morgan fingerprint density at radius 2 is 1.50 bits per heavy atom. The third-order valence-corrected chi connectivity index (χ3v) is 5.70. The molecule has 5 heteroatoms. The molecule has 5 nitrogen and oxygen atoms in total. The number of hydrogen-bond acceptors (Lipinski definition) is 4. The highest BCUT2D eigenvalue weighted by molar-refractivity contribution is 5.81. The van der Waals surface area contributed by atoms with E-state index in [4.69, 9.17) is 14.5 Å². The zero-order valence-electron chi connectivity index (χ0n) is 18.0. The van der Waals surface area contributed by atoms with Crippen molar-refractivity contribution in [3.63, 3.8) is 0 Å². The van der Waals surface area contributed by atoms with E-state index in [2.05, 4.69) is 46.3 Å². The van der Waals surface area contributed by atoms with Crippen LogP contribution in [-0.4, -0.2) is 54.3 Å². The van der Waals surface area contributed by atoms with Gasteiger partial charge in [0.1, 0.15) is 18.2 Å². The number of aromatic amines is 1. The second kappa shape index (κ2) is 9.81. The van der Waals surface area contributed by atoms with Crippen LogP contribution in [0.5, 0.6) is 5.75 Å². The lowest BCUT2D eigenvalue weighted by atomic mass is 10.1. The van der Waals surface area contributed by atoms with E-state index in [0.717, 1.165) is 72.5 Å². The van der Waals surface area contributed by atoms with Gasteiger partial charge in [-0.1, -0.05) is 72.8 Å². The molecular formula is C27H27N3O2. The van der Waals surface area contributed by atoms with Crippen molar-refractivity contribution in [2.45, 2.75) is 0 Å². The quantitative estimate of drug-likeness (QED) is 0.446. The van der Waals surface area contributed by atoms with Crippen LogP contribution in [0.3, 0.4) is 0 Å². The number of nitrogens with zero attached hydrogens (tertiary/aromatic N) is 2. The molecule has 3 aromatic carbocycles. The monoisotopic (exact) mass is 425 g/mol. The predicted molar refractivity (Wildman–Crippen MR) is 128 cm³/mol. The second-order valence-corrected chi connectivity index (χ2v) is 7.87. The number of benzene rings is 3. The summed E-state index contributed by atoms with van der Waals surface area (Å²) in [7, 11) is 0. The van der Waals surface area contributed by atoms with Crippen LogP contribution < -0.4 is 4.74 Å². The van der Waals surface area contributed by atoms with Crippen LogP contribution in [-0.2, 0) is 4.74 Å². The van der Waals surface area contributed by atoms with Gasteiger partial charge in [-0.25, -0.2) is 4.98 Å². The summed E-state index contributed by atoms with van der Waals surface area (Å²) < 4.78 is 11.5. The predicted octanol–water partition coefficient (Wildman–Crippen LogP) is 5.12. The Morgan fingerprint density at radius 1 is 0.812 bits per heavy atom. The van der Waals surface area contributed by atoms with Crippen LogP contribution in [0.25, 0.3) is 33.9 Å². The Morgan fingerprint density at radius 3 is 2.25 bits per heavy atom. The largest absolute Gasteiger partial charge is 0.492 e. The number of H-pyrrole nitrogens is 1. The molecule has 1 aliphatic rings. The minimum atomic E-state index is 0.659. The first-order valence-corrected chi connectivity index (χ1v) is 11.1. The van der Waals surface area contributed by atoms with E-state index in [1.165, 1.54) is 0 Å². The summed E-state index contributed by atoms with van der Waals surface area (Å²) >= 11 is 0. The molecule has 162 valence electrons. The minimum Gasteiger partial charge on any atom is -0.492 e. The maximum absolute atomic E-state index is 6.05. The van der Waals surface area contributed by atoms with E-state index in [1.54, 1.807) is 0 Å². The molecule has 0 unspecified atom stereocenters. The molecule has 0 aliphatic carbocycles. The SMILES string of the molecule is c1ccc(-c2nc(-c3cccc(OCCN4CCOCC4)c3)[nH]c2-c2ccccc2)cc1. The van der Waals surface area contributed by atoms with Crippen LogP contribution in [0.4, 0.5) is 0 Å². The average molecular weight is 426 g/mol. The first kappa shape index (κ1) is 20.5. The van der Waals surface area contributed by atoms with Gasteiger partial charge in [0.15, 0.2) is 0 Å². The van der Waals surface area contributed by atoms with E-state index in [1.807, 2.05) is 48.5 Å². The molecule has 5 rings (SSSR count). The van der Waals surface area contributed by atoms with E-state index in [9.17, 15) is 0 Å². The van der Waals surface area contributed by atoms with Gasteiger partial charge in [0, 0.05) is 36.3 Å². The van der Waals surface area contributed by atoms with Gasteiger partial charge >= 0.3 is 0 Å². The topological polar surface area (TPSA) is 50.4 Å². The Kier molecular flexibility index (Phi) is 6.28. The normalized spacial score (nSPS) is 14.4. The molecule has 0 bridgehead atoms. The third-order valence-electron chi connectivity index (χ3n) is 5.70. The molecule has 32 heavy (non-hydrogen) atoms. The second-order valence-electron chi connectivity index (χ2n) is 7.87. The molecule has 0 amide bonds. The molecule has 1 fully saturated rings.